The number of ether oxygens (including phenoxy) is 1. The van der Waals surface area contributed by atoms with E-state index in [4.69, 9.17) is 10.5 Å². The van der Waals surface area contributed by atoms with Crippen LogP contribution in [0.15, 0.2) is 48.7 Å². The third-order valence-electron chi connectivity index (χ3n) is 4.32. The number of carbonyl (C=O) groups excluding carboxylic acids is 4. The highest BCUT2D eigenvalue weighted by Crippen LogP contribution is 2.33. The van der Waals surface area contributed by atoms with Gasteiger partial charge in [0, 0.05) is 13.2 Å². The number of benzene rings is 1. The third kappa shape index (κ3) is 2.65. The molecule has 0 saturated heterocycles. The number of primary amides is 1. The van der Waals surface area contributed by atoms with Crippen LogP contribution in [0.3, 0.4) is 0 Å². The van der Waals surface area contributed by atoms with E-state index in [-0.39, 0.29) is 12.3 Å². The normalized spacial score (nSPS) is 19.2. The standard InChI is InChI=1S/C18H17N3O5/c1-20-15(23)13-8-5-9-21(13)18(16(20)24,10-14(19)22)17(25)26-11-12-6-3-2-4-7-12/h2-9H,10-11H2,1H3,(H2,19,22). The van der Waals surface area contributed by atoms with E-state index < -0.39 is 35.7 Å². The molecule has 8 heteroatoms. The van der Waals surface area contributed by atoms with Gasteiger partial charge in [-0.05, 0) is 17.7 Å². The monoisotopic (exact) mass is 355 g/mol. The van der Waals surface area contributed by atoms with Crippen LogP contribution in [0.25, 0.3) is 0 Å². The minimum Gasteiger partial charge on any atom is -0.459 e. The van der Waals surface area contributed by atoms with E-state index >= 15 is 0 Å². The molecule has 0 spiro atoms. The quantitative estimate of drug-likeness (QED) is 0.474. The summed E-state index contributed by atoms with van der Waals surface area (Å²) in [5, 5.41) is 0. The maximum Gasteiger partial charge on any atom is 0.343 e. The molecule has 3 amide bonds. The summed E-state index contributed by atoms with van der Waals surface area (Å²) in [5.41, 5.74) is 4.09. The summed E-state index contributed by atoms with van der Waals surface area (Å²) in [6.07, 6.45) is 0.781. The lowest BCUT2D eigenvalue weighted by atomic mass is 9.90. The number of aromatic nitrogens is 1. The van der Waals surface area contributed by atoms with Crippen molar-refractivity contribution in [3.8, 4) is 0 Å². The van der Waals surface area contributed by atoms with Gasteiger partial charge in [-0.15, -0.1) is 0 Å². The number of rotatable bonds is 5. The van der Waals surface area contributed by atoms with E-state index in [0.717, 1.165) is 10.5 Å². The van der Waals surface area contributed by atoms with Crippen molar-refractivity contribution in [3.63, 3.8) is 0 Å². The van der Waals surface area contributed by atoms with Gasteiger partial charge >= 0.3 is 5.97 Å². The van der Waals surface area contributed by atoms with Crippen molar-refractivity contribution in [1.82, 2.24) is 9.47 Å². The number of carbonyl (C=O) groups is 4. The number of fused-ring (bicyclic) bond motifs is 1. The SMILES string of the molecule is CN1C(=O)c2cccn2C(CC(N)=O)(C(=O)OCc2ccccc2)C1=O. The summed E-state index contributed by atoms with van der Waals surface area (Å²) in [6.45, 7) is -0.0816. The Kier molecular flexibility index (Phi) is 4.33. The molecule has 2 heterocycles. The molecule has 2 N–H and O–H groups in total. The average Bonchev–Trinajstić information content (AvgIpc) is 3.12. The van der Waals surface area contributed by atoms with Crippen molar-refractivity contribution in [1.29, 1.82) is 0 Å². The molecule has 1 aliphatic rings. The second-order valence-electron chi connectivity index (χ2n) is 6.00. The largest absolute Gasteiger partial charge is 0.459 e. The number of hydrogen-bond donors (Lipinski definition) is 1. The molecule has 1 aromatic heterocycles. The van der Waals surface area contributed by atoms with Gasteiger partial charge in [0.05, 0.1) is 6.42 Å². The van der Waals surface area contributed by atoms with E-state index in [1.165, 1.54) is 29.9 Å². The van der Waals surface area contributed by atoms with Crippen LogP contribution in [-0.4, -0.2) is 40.2 Å². The molecular weight excluding hydrogens is 338 g/mol. The summed E-state index contributed by atoms with van der Waals surface area (Å²) >= 11 is 0. The Hall–Kier alpha value is -3.42. The first-order valence-electron chi connectivity index (χ1n) is 7.87. The van der Waals surface area contributed by atoms with Gasteiger partial charge in [-0.3, -0.25) is 19.3 Å². The average molecular weight is 355 g/mol. The first-order chi connectivity index (χ1) is 12.4. The van der Waals surface area contributed by atoms with E-state index in [1.807, 2.05) is 6.07 Å². The van der Waals surface area contributed by atoms with Crippen molar-refractivity contribution in [3.05, 3.63) is 59.9 Å². The Labute approximate surface area is 149 Å². The molecule has 1 atom stereocenters. The summed E-state index contributed by atoms with van der Waals surface area (Å²) in [4.78, 5) is 50.6. The molecular formula is C18H17N3O5. The Morgan fingerprint density at radius 1 is 1.12 bits per heavy atom. The lowest BCUT2D eigenvalue weighted by Gasteiger charge is -2.38. The predicted octanol–water partition coefficient (Wildman–Crippen LogP) is 0.414. The second-order valence-corrected chi connectivity index (χ2v) is 6.00. The van der Waals surface area contributed by atoms with Crippen molar-refractivity contribution in [2.75, 3.05) is 7.05 Å². The fourth-order valence-corrected chi connectivity index (χ4v) is 3.05. The minimum absolute atomic E-state index is 0.0816. The van der Waals surface area contributed by atoms with Gasteiger partial charge < -0.3 is 15.0 Å². The summed E-state index contributed by atoms with van der Waals surface area (Å²) in [5.74, 6) is -3.24. The topological polar surface area (TPSA) is 112 Å². The molecule has 1 aliphatic heterocycles. The van der Waals surface area contributed by atoms with Gasteiger partial charge in [0.2, 0.25) is 11.4 Å². The summed E-state index contributed by atoms with van der Waals surface area (Å²) in [7, 11) is 1.25. The molecule has 26 heavy (non-hydrogen) atoms. The van der Waals surface area contributed by atoms with Gasteiger partial charge in [0.1, 0.15) is 12.3 Å². The fraction of sp³-hybridized carbons (Fsp3) is 0.222. The molecule has 1 unspecified atom stereocenters. The Morgan fingerprint density at radius 2 is 1.81 bits per heavy atom. The summed E-state index contributed by atoms with van der Waals surface area (Å²) in [6, 6.07) is 11.9. The zero-order chi connectivity index (χ0) is 18.9. The van der Waals surface area contributed by atoms with E-state index in [0.29, 0.717) is 0 Å². The molecule has 1 aromatic carbocycles. The van der Waals surface area contributed by atoms with E-state index in [2.05, 4.69) is 0 Å². The van der Waals surface area contributed by atoms with Crippen LogP contribution in [0.5, 0.6) is 0 Å². The second kappa shape index (κ2) is 6.47. The predicted molar refractivity (Wildman–Crippen MR) is 89.6 cm³/mol. The maximum atomic E-state index is 12.9. The first kappa shape index (κ1) is 17.4. The van der Waals surface area contributed by atoms with Crippen LogP contribution in [0.1, 0.15) is 22.5 Å². The van der Waals surface area contributed by atoms with E-state index in [9.17, 15) is 19.2 Å². The molecule has 2 aromatic rings. The minimum atomic E-state index is -2.04. The van der Waals surface area contributed by atoms with E-state index in [1.54, 1.807) is 24.3 Å². The number of likely N-dealkylation sites (N-methyl/N-ethyl adjacent to an activating group) is 1. The third-order valence-corrected chi connectivity index (χ3v) is 4.32. The lowest BCUT2D eigenvalue weighted by Crippen LogP contribution is -2.62. The molecule has 0 saturated carbocycles. The first-order valence-corrected chi connectivity index (χ1v) is 7.87. The van der Waals surface area contributed by atoms with Crippen LogP contribution in [0.2, 0.25) is 0 Å². The Morgan fingerprint density at radius 3 is 2.46 bits per heavy atom. The van der Waals surface area contributed by atoms with Gasteiger partial charge in [0.15, 0.2) is 0 Å². The molecule has 0 bridgehead atoms. The number of nitrogens with zero attached hydrogens (tertiary/aromatic N) is 2. The molecule has 0 fully saturated rings. The highest BCUT2D eigenvalue weighted by Gasteiger charge is 2.57. The van der Waals surface area contributed by atoms with Gasteiger partial charge in [-0.25, -0.2) is 4.79 Å². The zero-order valence-corrected chi connectivity index (χ0v) is 14.0. The number of amides is 3. The summed E-state index contributed by atoms with van der Waals surface area (Å²) < 4.78 is 6.50. The molecule has 8 nitrogen and oxygen atoms in total. The zero-order valence-electron chi connectivity index (χ0n) is 14.0. The van der Waals surface area contributed by atoms with Crippen molar-refractivity contribution >= 4 is 23.7 Å². The van der Waals surface area contributed by atoms with Crippen LogP contribution in [-0.2, 0) is 31.3 Å². The van der Waals surface area contributed by atoms with Crippen molar-refractivity contribution < 1.29 is 23.9 Å². The Balaban J connectivity index is 2.03. The maximum absolute atomic E-state index is 12.9. The molecule has 134 valence electrons. The smallest absolute Gasteiger partial charge is 0.343 e. The molecule has 3 rings (SSSR count). The van der Waals surface area contributed by atoms with Gasteiger partial charge in [-0.1, -0.05) is 30.3 Å². The van der Waals surface area contributed by atoms with Crippen LogP contribution < -0.4 is 5.73 Å². The van der Waals surface area contributed by atoms with Crippen LogP contribution in [0, 0.1) is 0 Å². The highest BCUT2D eigenvalue weighted by molar-refractivity contribution is 6.17. The van der Waals surface area contributed by atoms with Crippen LogP contribution >= 0.6 is 0 Å². The number of esters is 1. The number of hydrogen-bond acceptors (Lipinski definition) is 5. The molecule has 0 aliphatic carbocycles. The highest BCUT2D eigenvalue weighted by atomic mass is 16.5. The lowest BCUT2D eigenvalue weighted by molar-refractivity contribution is -0.166. The van der Waals surface area contributed by atoms with Gasteiger partial charge in [-0.2, -0.15) is 0 Å². The van der Waals surface area contributed by atoms with Crippen molar-refractivity contribution in [2.24, 2.45) is 5.73 Å². The van der Waals surface area contributed by atoms with Crippen molar-refractivity contribution in [2.45, 2.75) is 18.6 Å². The van der Waals surface area contributed by atoms with Crippen LogP contribution in [0.4, 0.5) is 0 Å². The molecule has 0 radical (unpaired) electrons. The number of nitrogens with two attached hydrogens (primary N) is 1. The number of imide groups is 1. The Bertz CT molecular complexity index is 889. The fourth-order valence-electron chi connectivity index (χ4n) is 3.05. The van der Waals surface area contributed by atoms with Gasteiger partial charge in [0.25, 0.3) is 11.8 Å².